The van der Waals surface area contributed by atoms with E-state index in [1.165, 1.54) is 0 Å². The van der Waals surface area contributed by atoms with E-state index < -0.39 is 5.60 Å². The van der Waals surface area contributed by atoms with Crippen molar-refractivity contribution in [3.63, 3.8) is 0 Å². The fraction of sp³-hybridized carbons (Fsp3) is 0.235. The van der Waals surface area contributed by atoms with E-state index in [2.05, 4.69) is 0 Å². The van der Waals surface area contributed by atoms with Crippen LogP contribution in [0, 0.1) is 0 Å². The maximum absolute atomic E-state index is 12.5. The Kier molecular flexibility index (Phi) is 3.28. The second-order valence-corrected chi connectivity index (χ2v) is 5.00. The van der Waals surface area contributed by atoms with Gasteiger partial charge >= 0.3 is 0 Å². The van der Waals surface area contributed by atoms with E-state index in [9.17, 15) is 4.79 Å². The Balaban J connectivity index is 1.77. The number of hydrogen-bond acceptors (Lipinski definition) is 3. The number of methoxy groups -OCH3 is 1. The monoisotopic (exact) mass is 268 g/mol. The third kappa shape index (κ3) is 2.45. The van der Waals surface area contributed by atoms with Gasteiger partial charge in [0.2, 0.25) is 0 Å². The van der Waals surface area contributed by atoms with Crippen molar-refractivity contribution in [3.8, 4) is 5.75 Å². The van der Waals surface area contributed by atoms with Gasteiger partial charge in [0.25, 0.3) is 0 Å². The summed E-state index contributed by atoms with van der Waals surface area (Å²) in [6, 6.07) is 17.1. The summed E-state index contributed by atoms with van der Waals surface area (Å²) in [5.41, 5.74) is 1.11. The van der Waals surface area contributed by atoms with Crippen molar-refractivity contribution in [1.29, 1.82) is 0 Å². The molecule has 1 fully saturated rings. The van der Waals surface area contributed by atoms with Gasteiger partial charge in [0.1, 0.15) is 5.75 Å². The molecule has 0 saturated carbocycles. The number of hydrogen-bond donors (Lipinski definition) is 0. The van der Waals surface area contributed by atoms with Crippen molar-refractivity contribution in [3.05, 3.63) is 65.7 Å². The van der Waals surface area contributed by atoms with Gasteiger partial charge in [-0.25, -0.2) is 0 Å². The first-order chi connectivity index (χ1) is 9.73. The van der Waals surface area contributed by atoms with Crippen LogP contribution in [0.4, 0.5) is 0 Å². The molecule has 1 heterocycles. The van der Waals surface area contributed by atoms with Gasteiger partial charge < -0.3 is 9.47 Å². The van der Waals surface area contributed by atoms with Crippen molar-refractivity contribution >= 4 is 5.78 Å². The fourth-order valence-corrected chi connectivity index (χ4v) is 2.33. The highest BCUT2D eigenvalue weighted by Gasteiger charge is 2.51. The zero-order chi connectivity index (χ0) is 14.0. The van der Waals surface area contributed by atoms with Crippen LogP contribution >= 0.6 is 0 Å². The molecular weight excluding hydrogens is 252 g/mol. The van der Waals surface area contributed by atoms with Gasteiger partial charge in [-0.1, -0.05) is 42.5 Å². The molecule has 1 atom stereocenters. The summed E-state index contributed by atoms with van der Waals surface area (Å²) >= 11 is 0. The molecule has 2 aromatic rings. The quantitative estimate of drug-likeness (QED) is 0.618. The topological polar surface area (TPSA) is 38.8 Å². The Morgan fingerprint density at radius 2 is 1.80 bits per heavy atom. The average Bonchev–Trinajstić information content (AvgIpc) is 3.29. The Morgan fingerprint density at radius 1 is 1.15 bits per heavy atom. The second-order valence-electron chi connectivity index (χ2n) is 5.00. The van der Waals surface area contributed by atoms with Crippen LogP contribution in [-0.2, 0) is 11.2 Å². The fourth-order valence-electron chi connectivity index (χ4n) is 2.33. The summed E-state index contributed by atoms with van der Waals surface area (Å²) in [6.45, 7) is 0.493. The maximum Gasteiger partial charge on any atom is 0.197 e. The number of carbonyl (C=O) groups is 1. The zero-order valence-corrected chi connectivity index (χ0v) is 11.3. The van der Waals surface area contributed by atoms with Gasteiger partial charge in [-0.3, -0.25) is 4.79 Å². The molecule has 1 aliphatic heterocycles. The number of ketones is 1. The van der Waals surface area contributed by atoms with Crippen LogP contribution in [0.15, 0.2) is 54.6 Å². The van der Waals surface area contributed by atoms with Gasteiger partial charge in [-0.15, -0.1) is 0 Å². The summed E-state index contributed by atoms with van der Waals surface area (Å²) in [7, 11) is 1.64. The van der Waals surface area contributed by atoms with Gasteiger partial charge in [-0.05, 0) is 17.7 Å². The minimum Gasteiger partial charge on any atom is -0.497 e. The molecule has 0 spiro atoms. The number of benzene rings is 2. The van der Waals surface area contributed by atoms with E-state index in [0.717, 1.165) is 11.3 Å². The SMILES string of the molecule is COc1ccc(CC2(C(=O)c3ccccc3)CO2)cc1. The number of Topliss-reactive ketones (excluding diaryl/α,β-unsaturated/α-hetero) is 1. The maximum atomic E-state index is 12.5. The highest BCUT2D eigenvalue weighted by atomic mass is 16.6. The third-order valence-electron chi connectivity index (χ3n) is 3.59. The van der Waals surface area contributed by atoms with Crippen LogP contribution in [0.1, 0.15) is 15.9 Å². The van der Waals surface area contributed by atoms with Crippen LogP contribution in [0.3, 0.4) is 0 Å². The number of rotatable bonds is 5. The molecule has 0 aromatic heterocycles. The average molecular weight is 268 g/mol. The highest BCUT2D eigenvalue weighted by molar-refractivity contribution is 6.04. The van der Waals surface area contributed by atoms with E-state index in [1.807, 2.05) is 54.6 Å². The first-order valence-corrected chi connectivity index (χ1v) is 6.60. The molecule has 20 heavy (non-hydrogen) atoms. The van der Waals surface area contributed by atoms with Crippen molar-refractivity contribution in [2.24, 2.45) is 0 Å². The number of epoxide rings is 1. The van der Waals surface area contributed by atoms with Crippen LogP contribution in [0.2, 0.25) is 0 Å². The van der Waals surface area contributed by atoms with E-state index in [0.29, 0.717) is 18.6 Å². The normalized spacial score (nSPS) is 20.4. The standard InChI is InChI=1S/C17H16O3/c1-19-15-9-7-13(8-10-15)11-17(12-20-17)16(18)14-5-3-2-4-6-14/h2-10H,11-12H2,1H3. The van der Waals surface area contributed by atoms with Crippen molar-refractivity contribution < 1.29 is 14.3 Å². The highest BCUT2D eigenvalue weighted by Crippen LogP contribution is 2.35. The molecule has 3 heteroatoms. The molecule has 3 rings (SSSR count). The third-order valence-corrected chi connectivity index (χ3v) is 3.59. The van der Waals surface area contributed by atoms with Crippen LogP contribution < -0.4 is 4.74 Å². The zero-order valence-electron chi connectivity index (χ0n) is 11.3. The smallest absolute Gasteiger partial charge is 0.197 e. The molecule has 1 aliphatic rings. The second kappa shape index (κ2) is 5.10. The molecular formula is C17H16O3. The van der Waals surface area contributed by atoms with Gasteiger partial charge in [0.15, 0.2) is 11.4 Å². The summed E-state index contributed by atoms with van der Waals surface area (Å²) in [5, 5.41) is 0. The Bertz CT molecular complexity index is 598. The minimum atomic E-state index is -0.671. The number of ether oxygens (including phenoxy) is 2. The summed E-state index contributed by atoms with van der Waals surface area (Å²) in [6.07, 6.45) is 0.602. The van der Waals surface area contributed by atoms with Crippen LogP contribution in [0.25, 0.3) is 0 Å². The first-order valence-electron chi connectivity index (χ1n) is 6.60. The van der Waals surface area contributed by atoms with Crippen molar-refractivity contribution in [2.75, 3.05) is 13.7 Å². The van der Waals surface area contributed by atoms with Gasteiger partial charge in [0, 0.05) is 12.0 Å². The Hall–Kier alpha value is -2.13. The lowest BCUT2D eigenvalue weighted by atomic mass is 9.92. The predicted molar refractivity (Wildman–Crippen MR) is 76.2 cm³/mol. The molecule has 1 unspecified atom stereocenters. The van der Waals surface area contributed by atoms with Crippen LogP contribution in [0.5, 0.6) is 5.75 Å². The van der Waals surface area contributed by atoms with Crippen molar-refractivity contribution in [1.82, 2.24) is 0 Å². The minimum absolute atomic E-state index is 0.0638. The Morgan fingerprint density at radius 3 is 2.35 bits per heavy atom. The summed E-state index contributed by atoms with van der Waals surface area (Å²) in [4.78, 5) is 12.5. The van der Waals surface area contributed by atoms with Crippen LogP contribution in [-0.4, -0.2) is 25.1 Å². The molecule has 2 aromatic carbocycles. The lowest BCUT2D eigenvalue weighted by Crippen LogP contribution is -2.27. The largest absolute Gasteiger partial charge is 0.497 e. The molecule has 3 nitrogen and oxygen atoms in total. The van der Waals surface area contributed by atoms with Gasteiger partial charge in [-0.2, -0.15) is 0 Å². The molecule has 0 amide bonds. The molecule has 0 radical (unpaired) electrons. The van der Waals surface area contributed by atoms with E-state index in [-0.39, 0.29) is 5.78 Å². The molecule has 0 aliphatic carbocycles. The molecule has 0 N–H and O–H groups in total. The summed E-state index contributed by atoms with van der Waals surface area (Å²) < 4.78 is 10.6. The van der Waals surface area contributed by atoms with E-state index in [1.54, 1.807) is 7.11 Å². The first kappa shape index (κ1) is 12.9. The predicted octanol–water partition coefficient (Wildman–Crippen LogP) is 2.89. The molecule has 0 bridgehead atoms. The van der Waals surface area contributed by atoms with E-state index in [4.69, 9.17) is 9.47 Å². The molecule has 1 saturated heterocycles. The number of carbonyl (C=O) groups excluding carboxylic acids is 1. The van der Waals surface area contributed by atoms with Crippen molar-refractivity contribution in [2.45, 2.75) is 12.0 Å². The Labute approximate surface area is 118 Å². The summed E-state index contributed by atoms with van der Waals surface area (Å²) in [5.74, 6) is 0.878. The van der Waals surface area contributed by atoms with E-state index >= 15 is 0 Å². The molecule has 102 valence electrons. The lowest BCUT2D eigenvalue weighted by molar-refractivity contribution is 0.0872. The van der Waals surface area contributed by atoms with Gasteiger partial charge in [0.05, 0.1) is 13.7 Å². The lowest BCUT2D eigenvalue weighted by Gasteiger charge is -2.11.